The Labute approximate surface area is 122 Å². The van der Waals surface area contributed by atoms with Crippen LogP contribution < -0.4 is 5.32 Å². The molecule has 6 nitrogen and oxygen atoms in total. The first-order valence-electron chi connectivity index (χ1n) is 6.89. The van der Waals surface area contributed by atoms with Gasteiger partial charge >= 0.3 is 5.97 Å². The van der Waals surface area contributed by atoms with Gasteiger partial charge in [0, 0.05) is 26.1 Å². The van der Waals surface area contributed by atoms with Gasteiger partial charge in [0.25, 0.3) is 0 Å². The Morgan fingerprint density at radius 3 is 2.81 bits per heavy atom. The summed E-state index contributed by atoms with van der Waals surface area (Å²) >= 11 is 0. The number of hydrogen-bond acceptors (Lipinski definition) is 3. The van der Waals surface area contributed by atoms with Gasteiger partial charge < -0.3 is 15.3 Å². The highest BCUT2D eigenvalue weighted by molar-refractivity contribution is 5.89. The molecule has 1 fully saturated rings. The van der Waals surface area contributed by atoms with Crippen LogP contribution in [0.4, 0.5) is 0 Å². The van der Waals surface area contributed by atoms with Crippen molar-refractivity contribution < 1.29 is 19.5 Å². The average Bonchev–Trinajstić information content (AvgIpc) is 2.86. The number of nitrogens with one attached hydrogen (secondary N) is 1. The molecule has 1 unspecified atom stereocenters. The second-order valence-electron chi connectivity index (χ2n) is 5.06. The lowest BCUT2D eigenvalue weighted by Gasteiger charge is -2.13. The number of carbonyl (C=O) groups excluding carboxylic acids is 2. The van der Waals surface area contributed by atoms with E-state index >= 15 is 0 Å². The van der Waals surface area contributed by atoms with E-state index in [9.17, 15) is 14.4 Å². The second kappa shape index (κ2) is 6.39. The van der Waals surface area contributed by atoms with Gasteiger partial charge in [-0.05, 0) is 24.6 Å². The van der Waals surface area contributed by atoms with Crippen molar-refractivity contribution in [3.63, 3.8) is 0 Å². The number of rotatable bonds is 5. The number of carboxylic acids is 1. The van der Waals surface area contributed by atoms with E-state index in [-0.39, 0.29) is 36.3 Å². The molecular weight excluding hydrogens is 272 g/mol. The lowest BCUT2D eigenvalue weighted by molar-refractivity contribution is -0.128. The molecule has 0 aliphatic carbocycles. The molecule has 0 spiro atoms. The van der Waals surface area contributed by atoms with Crippen molar-refractivity contribution in [1.82, 2.24) is 10.2 Å². The van der Waals surface area contributed by atoms with Crippen molar-refractivity contribution >= 4 is 17.8 Å². The van der Waals surface area contributed by atoms with Crippen molar-refractivity contribution in [2.75, 3.05) is 13.1 Å². The van der Waals surface area contributed by atoms with Gasteiger partial charge in [0.05, 0.1) is 11.5 Å². The highest BCUT2D eigenvalue weighted by atomic mass is 16.4. The number of carbonyl (C=O) groups is 3. The Hall–Kier alpha value is -2.37. The fourth-order valence-corrected chi connectivity index (χ4v) is 2.40. The van der Waals surface area contributed by atoms with Crippen LogP contribution in [0, 0.1) is 5.92 Å². The Kier molecular flexibility index (Phi) is 4.57. The van der Waals surface area contributed by atoms with Crippen LogP contribution >= 0.6 is 0 Å². The van der Waals surface area contributed by atoms with E-state index in [0.29, 0.717) is 13.1 Å². The summed E-state index contributed by atoms with van der Waals surface area (Å²) in [6.07, 6.45) is 0.245. The largest absolute Gasteiger partial charge is 0.478 e. The molecule has 2 N–H and O–H groups in total. The first-order chi connectivity index (χ1) is 10.0. The van der Waals surface area contributed by atoms with E-state index in [1.54, 1.807) is 17.0 Å². The topological polar surface area (TPSA) is 86.7 Å². The van der Waals surface area contributed by atoms with E-state index in [1.165, 1.54) is 12.1 Å². The number of carboxylic acid groups (broad SMARTS) is 1. The van der Waals surface area contributed by atoms with Crippen LogP contribution in [0.1, 0.15) is 29.3 Å². The molecule has 2 rings (SSSR count). The van der Waals surface area contributed by atoms with Crippen molar-refractivity contribution in [3.05, 3.63) is 35.4 Å². The molecule has 1 aromatic rings. The van der Waals surface area contributed by atoms with Gasteiger partial charge in [-0.2, -0.15) is 0 Å². The molecular formula is C15H18N2O4. The maximum atomic E-state index is 12.0. The van der Waals surface area contributed by atoms with E-state index in [1.807, 2.05) is 6.92 Å². The minimum absolute atomic E-state index is 0.00512. The molecule has 1 aromatic carbocycles. The quantitative estimate of drug-likeness (QED) is 0.842. The number of hydrogen-bond donors (Lipinski definition) is 2. The zero-order valence-corrected chi connectivity index (χ0v) is 11.8. The highest BCUT2D eigenvalue weighted by Crippen LogP contribution is 2.17. The zero-order valence-electron chi connectivity index (χ0n) is 11.8. The number of aromatic carboxylic acids is 1. The summed E-state index contributed by atoms with van der Waals surface area (Å²) in [5.74, 6) is -1.48. The maximum absolute atomic E-state index is 12.0. The Morgan fingerprint density at radius 1 is 1.43 bits per heavy atom. The minimum atomic E-state index is -0.997. The summed E-state index contributed by atoms with van der Waals surface area (Å²) in [5.41, 5.74) is 0.912. The van der Waals surface area contributed by atoms with Crippen molar-refractivity contribution in [2.24, 2.45) is 5.92 Å². The van der Waals surface area contributed by atoms with Crippen molar-refractivity contribution in [2.45, 2.75) is 19.9 Å². The molecule has 1 atom stereocenters. The summed E-state index contributed by atoms with van der Waals surface area (Å²) in [6.45, 7) is 3.21. The molecule has 0 aromatic heterocycles. The van der Waals surface area contributed by atoms with Crippen LogP contribution in [-0.2, 0) is 16.1 Å². The van der Waals surface area contributed by atoms with Crippen molar-refractivity contribution in [1.29, 1.82) is 0 Å². The SMILES string of the molecule is CCN1CC(C(=O)NCc2cccc(C(=O)O)c2)CC1=O. The summed E-state index contributed by atoms with van der Waals surface area (Å²) in [4.78, 5) is 36.2. The molecule has 1 saturated heterocycles. The normalized spacial score (nSPS) is 17.9. The lowest BCUT2D eigenvalue weighted by Crippen LogP contribution is -2.32. The monoisotopic (exact) mass is 290 g/mol. The Morgan fingerprint density at radius 2 is 2.19 bits per heavy atom. The summed E-state index contributed by atoms with van der Waals surface area (Å²) in [7, 11) is 0. The maximum Gasteiger partial charge on any atom is 0.335 e. The van der Waals surface area contributed by atoms with Gasteiger partial charge in [0.15, 0.2) is 0 Å². The van der Waals surface area contributed by atoms with Crippen LogP contribution in [-0.4, -0.2) is 40.9 Å². The third-order valence-electron chi connectivity index (χ3n) is 3.61. The van der Waals surface area contributed by atoms with Gasteiger partial charge in [0.1, 0.15) is 0 Å². The third kappa shape index (κ3) is 3.59. The predicted molar refractivity (Wildman–Crippen MR) is 75.6 cm³/mol. The third-order valence-corrected chi connectivity index (χ3v) is 3.61. The molecule has 6 heteroatoms. The first kappa shape index (κ1) is 15.0. The number of likely N-dealkylation sites (tertiary alicyclic amines) is 1. The summed E-state index contributed by atoms with van der Waals surface area (Å²) in [6, 6.07) is 6.43. The molecule has 0 radical (unpaired) electrons. The molecule has 21 heavy (non-hydrogen) atoms. The zero-order chi connectivity index (χ0) is 15.4. The molecule has 1 aliphatic heterocycles. The summed E-state index contributed by atoms with van der Waals surface area (Å²) < 4.78 is 0. The fourth-order valence-electron chi connectivity index (χ4n) is 2.40. The van der Waals surface area contributed by atoms with Crippen LogP contribution in [0.3, 0.4) is 0 Å². The average molecular weight is 290 g/mol. The first-order valence-corrected chi connectivity index (χ1v) is 6.89. The van der Waals surface area contributed by atoms with Crippen LogP contribution in [0.15, 0.2) is 24.3 Å². The van der Waals surface area contributed by atoms with E-state index in [4.69, 9.17) is 5.11 Å². The van der Waals surface area contributed by atoms with E-state index < -0.39 is 5.97 Å². The van der Waals surface area contributed by atoms with Gasteiger partial charge in [-0.1, -0.05) is 12.1 Å². The number of amides is 2. The van der Waals surface area contributed by atoms with E-state index in [0.717, 1.165) is 5.56 Å². The predicted octanol–water partition coefficient (Wildman–Crippen LogP) is 0.869. The van der Waals surface area contributed by atoms with Gasteiger partial charge in [0.2, 0.25) is 11.8 Å². The Balaban J connectivity index is 1.91. The second-order valence-corrected chi connectivity index (χ2v) is 5.06. The molecule has 0 saturated carbocycles. The standard InChI is InChI=1S/C15H18N2O4/c1-2-17-9-12(7-13(17)18)14(19)16-8-10-4-3-5-11(6-10)15(20)21/h3-6,12H,2,7-9H2,1H3,(H,16,19)(H,20,21). The lowest BCUT2D eigenvalue weighted by atomic mass is 10.1. The molecule has 112 valence electrons. The molecule has 2 amide bonds. The highest BCUT2D eigenvalue weighted by Gasteiger charge is 2.33. The van der Waals surface area contributed by atoms with Gasteiger partial charge in [-0.15, -0.1) is 0 Å². The molecule has 0 bridgehead atoms. The number of nitrogens with zero attached hydrogens (tertiary/aromatic N) is 1. The Bertz CT molecular complexity index is 571. The van der Waals surface area contributed by atoms with Crippen molar-refractivity contribution in [3.8, 4) is 0 Å². The minimum Gasteiger partial charge on any atom is -0.478 e. The van der Waals surface area contributed by atoms with E-state index in [2.05, 4.69) is 5.32 Å². The van der Waals surface area contributed by atoms with Crippen LogP contribution in [0.25, 0.3) is 0 Å². The van der Waals surface area contributed by atoms with Crippen LogP contribution in [0.2, 0.25) is 0 Å². The van der Waals surface area contributed by atoms with Gasteiger partial charge in [-0.3, -0.25) is 9.59 Å². The fraction of sp³-hybridized carbons (Fsp3) is 0.400. The smallest absolute Gasteiger partial charge is 0.335 e. The van der Waals surface area contributed by atoms with Gasteiger partial charge in [-0.25, -0.2) is 4.79 Å². The number of benzene rings is 1. The summed E-state index contributed by atoms with van der Waals surface area (Å²) in [5, 5.41) is 11.7. The molecule has 1 aliphatic rings. The molecule has 1 heterocycles. The van der Waals surface area contributed by atoms with Crippen LogP contribution in [0.5, 0.6) is 0 Å².